The molecule has 2 heterocycles. The van der Waals surface area contributed by atoms with Gasteiger partial charge in [-0.1, -0.05) is 12.1 Å². The van der Waals surface area contributed by atoms with Gasteiger partial charge in [0.05, 0.1) is 12.7 Å². The van der Waals surface area contributed by atoms with E-state index in [0.29, 0.717) is 39.5 Å². The molecule has 0 spiro atoms. The summed E-state index contributed by atoms with van der Waals surface area (Å²) in [6, 6.07) is 10.0. The molecule has 0 saturated heterocycles. The Balaban J connectivity index is 1.91. The molecule has 1 aliphatic rings. The maximum Gasteiger partial charge on any atom is 0.256 e. The van der Waals surface area contributed by atoms with Crippen molar-refractivity contribution in [2.45, 2.75) is 6.92 Å². The average Bonchev–Trinajstić information content (AvgIpc) is 3.19. The van der Waals surface area contributed by atoms with Gasteiger partial charge >= 0.3 is 0 Å². The third-order valence-electron chi connectivity index (χ3n) is 4.30. The van der Waals surface area contributed by atoms with Crippen molar-refractivity contribution in [2.75, 3.05) is 12.4 Å². The van der Waals surface area contributed by atoms with Crippen molar-refractivity contribution in [3.8, 4) is 16.9 Å². The molecule has 5 nitrogen and oxygen atoms in total. The van der Waals surface area contributed by atoms with Gasteiger partial charge in [-0.25, -0.2) is 9.37 Å². The van der Waals surface area contributed by atoms with Gasteiger partial charge in [0.1, 0.15) is 17.4 Å². The number of amides is 1. The standard InChI is InChI=1S/C20H16FN3O2/c1-11-10-22-17(23-11)9-14-19-16(24-20(14)25)8-7-15(21)18(19)12-3-5-13(26-2)6-4-12/h3-10H,1-2H3,(H,22,23)(H,24,25). The highest BCUT2D eigenvalue weighted by Crippen LogP contribution is 2.42. The highest BCUT2D eigenvalue weighted by molar-refractivity contribution is 6.36. The number of aromatic nitrogens is 2. The van der Waals surface area contributed by atoms with Crippen LogP contribution in [0.2, 0.25) is 0 Å². The zero-order valence-corrected chi connectivity index (χ0v) is 14.3. The number of nitrogens with zero attached hydrogens (tertiary/aromatic N) is 1. The fraction of sp³-hybridized carbons (Fsp3) is 0.100. The molecule has 0 radical (unpaired) electrons. The minimum atomic E-state index is -0.396. The maximum atomic E-state index is 14.7. The molecule has 130 valence electrons. The van der Waals surface area contributed by atoms with E-state index in [0.717, 1.165) is 5.69 Å². The number of carbonyl (C=O) groups is 1. The van der Waals surface area contributed by atoms with Crippen molar-refractivity contribution in [2.24, 2.45) is 0 Å². The molecule has 0 bridgehead atoms. The molecule has 26 heavy (non-hydrogen) atoms. The normalized spacial score (nSPS) is 14.4. The topological polar surface area (TPSA) is 67.0 Å². The van der Waals surface area contributed by atoms with E-state index >= 15 is 0 Å². The Morgan fingerprint density at radius 3 is 2.54 bits per heavy atom. The summed E-state index contributed by atoms with van der Waals surface area (Å²) < 4.78 is 19.9. The molecule has 1 aromatic heterocycles. The van der Waals surface area contributed by atoms with Crippen LogP contribution >= 0.6 is 0 Å². The lowest BCUT2D eigenvalue weighted by atomic mass is 9.94. The van der Waals surface area contributed by atoms with E-state index in [9.17, 15) is 9.18 Å². The van der Waals surface area contributed by atoms with Crippen LogP contribution < -0.4 is 10.1 Å². The van der Waals surface area contributed by atoms with Crippen LogP contribution in [0.15, 0.2) is 42.6 Å². The molecule has 1 aliphatic heterocycles. The maximum absolute atomic E-state index is 14.7. The number of aryl methyl sites for hydroxylation is 1. The number of halogens is 1. The molecule has 0 aliphatic carbocycles. The van der Waals surface area contributed by atoms with Gasteiger partial charge in [0.2, 0.25) is 0 Å². The summed E-state index contributed by atoms with van der Waals surface area (Å²) in [5.41, 5.74) is 3.41. The summed E-state index contributed by atoms with van der Waals surface area (Å²) in [4.78, 5) is 19.8. The molecule has 0 unspecified atom stereocenters. The fourth-order valence-electron chi connectivity index (χ4n) is 3.08. The lowest BCUT2D eigenvalue weighted by Crippen LogP contribution is -2.03. The summed E-state index contributed by atoms with van der Waals surface area (Å²) in [5.74, 6) is 0.546. The second-order valence-electron chi connectivity index (χ2n) is 6.04. The van der Waals surface area contributed by atoms with Gasteiger partial charge < -0.3 is 15.0 Å². The Hall–Kier alpha value is -3.41. The number of hydrogen-bond donors (Lipinski definition) is 2. The van der Waals surface area contributed by atoms with Crippen molar-refractivity contribution >= 4 is 23.2 Å². The molecule has 6 heteroatoms. The molecule has 4 rings (SSSR count). The van der Waals surface area contributed by atoms with E-state index in [1.807, 2.05) is 6.92 Å². The second kappa shape index (κ2) is 6.15. The van der Waals surface area contributed by atoms with Gasteiger partial charge in [0.25, 0.3) is 5.91 Å². The number of ether oxygens (including phenoxy) is 1. The number of nitrogens with one attached hydrogen (secondary N) is 2. The molecule has 1 amide bonds. The quantitative estimate of drug-likeness (QED) is 0.702. The zero-order chi connectivity index (χ0) is 18.3. The van der Waals surface area contributed by atoms with Crippen molar-refractivity contribution < 1.29 is 13.9 Å². The fourth-order valence-corrected chi connectivity index (χ4v) is 3.08. The van der Waals surface area contributed by atoms with Gasteiger partial charge in [0, 0.05) is 28.7 Å². The molecule has 0 fully saturated rings. The summed E-state index contributed by atoms with van der Waals surface area (Å²) in [7, 11) is 1.57. The predicted molar refractivity (Wildman–Crippen MR) is 98.2 cm³/mol. The Morgan fingerprint density at radius 1 is 1.12 bits per heavy atom. The van der Waals surface area contributed by atoms with Crippen LogP contribution in [0.4, 0.5) is 10.1 Å². The number of H-pyrrole nitrogens is 1. The van der Waals surface area contributed by atoms with Crippen LogP contribution in [-0.2, 0) is 4.79 Å². The average molecular weight is 349 g/mol. The monoisotopic (exact) mass is 349 g/mol. The number of imidazole rings is 1. The first-order valence-corrected chi connectivity index (χ1v) is 8.09. The molecule has 2 aromatic carbocycles. The molecule has 2 N–H and O–H groups in total. The van der Waals surface area contributed by atoms with Gasteiger partial charge in [-0.3, -0.25) is 4.79 Å². The van der Waals surface area contributed by atoms with Gasteiger partial charge in [-0.15, -0.1) is 0 Å². The summed E-state index contributed by atoms with van der Waals surface area (Å²) >= 11 is 0. The highest BCUT2D eigenvalue weighted by atomic mass is 19.1. The summed E-state index contributed by atoms with van der Waals surface area (Å²) in [6.07, 6.45) is 3.32. The largest absolute Gasteiger partial charge is 0.497 e. The lowest BCUT2D eigenvalue weighted by molar-refractivity contribution is -0.110. The van der Waals surface area contributed by atoms with E-state index in [1.165, 1.54) is 6.07 Å². The number of anilines is 1. The van der Waals surface area contributed by atoms with E-state index in [-0.39, 0.29) is 5.91 Å². The van der Waals surface area contributed by atoms with Crippen molar-refractivity contribution in [3.05, 3.63) is 65.5 Å². The predicted octanol–water partition coefficient (Wildman–Crippen LogP) is 4.03. The van der Waals surface area contributed by atoms with Crippen LogP contribution in [0.3, 0.4) is 0 Å². The summed E-state index contributed by atoms with van der Waals surface area (Å²) in [6.45, 7) is 1.88. The Bertz CT molecular complexity index is 1040. The number of hydrogen-bond acceptors (Lipinski definition) is 3. The van der Waals surface area contributed by atoms with E-state index < -0.39 is 5.82 Å². The number of methoxy groups -OCH3 is 1. The smallest absolute Gasteiger partial charge is 0.256 e. The van der Waals surface area contributed by atoms with Crippen molar-refractivity contribution in [3.63, 3.8) is 0 Å². The lowest BCUT2D eigenvalue weighted by Gasteiger charge is -2.11. The minimum absolute atomic E-state index is 0.283. The Labute approximate surface area is 149 Å². The highest BCUT2D eigenvalue weighted by Gasteiger charge is 2.29. The molecular weight excluding hydrogens is 333 g/mol. The number of aromatic amines is 1. The third kappa shape index (κ3) is 2.65. The second-order valence-corrected chi connectivity index (χ2v) is 6.04. The molecule has 0 atom stereocenters. The van der Waals surface area contributed by atoms with Gasteiger partial charge in [-0.05, 0) is 42.8 Å². The molecule has 3 aromatic rings. The molecular formula is C20H16FN3O2. The van der Waals surface area contributed by atoms with E-state index in [4.69, 9.17) is 4.74 Å². The first-order valence-electron chi connectivity index (χ1n) is 8.09. The van der Waals surface area contributed by atoms with Crippen molar-refractivity contribution in [1.82, 2.24) is 9.97 Å². The Kier molecular flexibility index (Phi) is 3.80. The number of benzene rings is 2. The van der Waals surface area contributed by atoms with E-state index in [2.05, 4.69) is 15.3 Å². The number of fused-ring (bicyclic) bond motifs is 1. The third-order valence-corrected chi connectivity index (χ3v) is 4.30. The van der Waals surface area contributed by atoms with Crippen LogP contribution in [0.5, 0.6) is 5.75 Å². The first-order chi connectivity index (χ1) is 12.6. The minimum Gasteiger partial charge on any atom is -0.497 e. The summed E-state index contributed by atoms with van der Waals surface area (Å²) in [5, 5.41) is 2.79. The van der Waals surface area contributed by atoms with Crippen LogP contribution in [-0.4, -0.2) is 23.0 Å². The number of rotatable bonds is 3. The SMILES string of the molecule is COc1ccc(-c2c(F)ccc3c2C(=Cc2ncc(C)[nH]2)C(=O)N3)cc1. The zero-order valence-electron chi connectivity index (χ0n) is 14.3. The van der Waals surface area contributed by atoms with Crippen LogP contribution in [0, 0.1) is 12.7 Å². The molecule has 0 saturated carbocycles. The van der Waals surface area contributed by atoms with Gasteiger partial charge in [0.15, 0.2) is 0 Å². The van der Waals surface area contributed by atoms with Crippen LogP contribution in [0.25, 0.3) is 22.8 Å². The van der Waals surface area contributed by atoms with Crippen LogP contribution in [0.1, 0.15) is 17.1 Å². The van der Waals surface area contributed by atoms with Gasteiger partial charge in [-0.2, -0.15) is 0 Å². The Morgan fingerprint density at radius 2 is 1.88 bits per heavy atom. The van der Waals surface area contributed by atoms with E-state index in [1.54, 1.807) is 49.7 Å². The first kappa shape index (κ1) is 16.1. The number of carbonyl (C=O) groups excluding carboxylic acids is 1. The van der Waals surface area contributed by atoms with Crippen molar-refractivity contribution in [1.29, 1.82) is 0 Å².